The summed E-state index contributed by atoms with van der Waals surface area (Å²) in [4.78, 5) is 10.8. The molecular formula is C11H12O2. The van der Waals surface area contributed by atoms with Crippen LogP contribution in [-0.4, -0.2) is 13.1 Å². The average Bonchev–Trinajstić information content (AvgIpc) is 2.16. The van der Waals surface area contributed by atoms with Crippen LogP contribution in [0.15, 0.2) is 30.3 Å². The van der Waals surface area contributed by atoms with Crippen molar-refractivity contribution >= 4 is 12.0 Å². The predicted molar refractivity (Wildman–Crippen MR) is 52.2 cm³/mol. The standard InChI is InChI=1S/C11H12O2/c1-9-5-3-4-6-10(9)7-8-11(12)13-2/h3-8H,1-2H3/b8-7+. The van der Waals surface area contributed by atoms with Gasteiger partial charge in [-0.2, -0.15) is 0 Å². The highest BCUT2D eigenvalue weighted by Gasteiger charge is 1.93. The van der Waals surface area contributed by atoms with Gasteiger partial charge in [0.2, 0.25) is 0 Å². The van der Waals surface area contributed by atoms with Gasteiger partial charge in [0.15, 0.2) is 0 Å². The molecule has 0 aliphatic carbocycles. The van der Waals surface area contributed by atoms with Crippen molar-refractivity contribution in [1.29, 1.82) is 0 Å². The highest BCUT2D eigenvalue weighted by molar-refractivity contribution is 5.87. The number of benzene rings is 1. The third kappa shape index (κ3) is 2.75. The van der Waals surface area contributed by atoms with Gasteiger partial charge in [0.25, 0.3) is 0 Å². The summed E-state index contributed by atoms with van der Waals surface area (Å²) >= 11 is 0. The van der Waals surface area contributed by atoms with Gasteiger partial charge in [-0.15, -0.1) is 0 Å². The Bertz CT molecular complexity index is 327. The molecular weight excluding hydrogens is 164 g/mol. The van der Waals surface area contributed by atoms with E-state index in [0.717, 1.165) is 11.1 Å². The van der Waals surface area contributed by atoms with Gasteiger partial charge in [-0.25, -0.2) is 4.79 Å². The number of carbonyl (C=O) groups is 1. The maximum absolute atomic E-state index is 10.8. The number of ether oxygens (including phenoxy) is 1. The van der Waals surface area contributed by atoms with E-state index in [1.165, 1.54) is 13.2 Å². The minimum absolute atomic E-state index is 0.330. The molecule has 0 bridgehead atoms. The Balaban J connectivity index is 2.80. The monoisotopic (exact) mass is 176 g/mol. The lowest BCUT2D eigenvalue weighted by atomic mass is 10.1. The number of hydrogen-bond acceptors (Lipinski definition) is 2. The normalized spacial score (nSPS) is 10.3. The first-order valence-corrected chi connectivity index (χ1v) is 4.05. The van der Waals surface area contributed by atoms with Crippen LogP contribution < -0.4 is 0 Å². The van der Waals surface area contributed by atoms with Crippen molar-refractivity contribution in [3.8, 4) is 0 Å². The molecule has 0 atom stereocenters. The lowest BCUT2D eigenvalue weighted by molar-refractivity contribution is -0.134. The second-order valence-electron chi connectivity index (χ2n) is 2.71. The summed E-state index contributed by atoms with van der Waals surface area (Å²) in [6, 6.07) is 7.85. The van der Waals surface area contributed by atoms with E-state index in [2.05, 4.69) is 4.74 Å². The molecule has 0 unspecified atom stereocenters. The summed E-state index contributed by atoms with van der Waals surface area (Å²) in [6.45, 7) is 2.00. The molecule has 0 heterocycles. The molecule has 0 amide bonds. The summed E-state index contributed by atoms with van der Waals surface area (Å²) in [5, 5.41) is 0. The summed E-state index contributed by atoms with van der Waals surface area (Å²) in [6.07, 6.45) is 3.17. The molecule has 0 fully saturated rings. The van der Waals surface area contributed by atoms with E-state index in [-0.39, 0.29) is 5.97 Å². The molecule has 0 saturated heterocycles. The van der Waals surface area contributed by atoms with Crippen molar-refractivity contribution in [1.82, 2.24) is 0 Å². The van der Waals surface area contributed by atoms with Crippen LogP contribution >= 0.6 is 0 Å². The second kappa shape index (κ2) is 4.45. The van der Waals surface area contributed by atoms with Crippen molar-refractivity contribution in [3.63, 3.8) is 0 Å². The van der Waals surface area contributed by atoms with Crippen LogP contribution in [-0.2, 0) is 9.53 Å². The molecule has 0 aliphatic rings. The predicted octanol–water partition coefficient (Wildman–Crippen LogP) is 2.18. The average molecular weight is 176 g/mol. The number of rotatable bonds is 2. The van der Waals surface area contributed by atoms with Crippen molar-refractivity contribution < 1.29 is 9.53 Å². The first-order valence-electron chi connectivity index (χ1n) is 4.05. The van der Waals surface area contributed by atoms with E-state index < -0.39 is 0 Å². The van der Waals surface area contributed by atoms with Crippen molar-refractivity contribution in [3.05, 3.63) is 41.5 Å². The number of methoxy groups -OCH3 is 1. The Morgan fingerprint density at radius 2 is 2.08 bits per heavy atom. The molecule has 0 saturated carbocycles. The molecule has 0 aromatic heterocycles. The molecule has 1 aromatic carbocycles. The molecule has 2 heteroatoms. The quantitative estimate of drug-likeness (QED) is 0.510. The van der Waals surface area contributed by atoms with Gasteiger partial charge in [-0.05, 0) is 24.1 Å². The maximum Gasteiger partial charge on any atom is 0.330 e. The van der Waals surface area contributed by atoms with Gasteiger partial charge in [0.05, 0.1) is 7.11 Å². The largest absolute Gasteiger partial charge is 0.466 e. The van der Waals surface area contributed by atoms with E-state index in [1.54, 1.807) is 6.08 Å². The van der Waals surface area contributed by atoms with Crippen LogP contribution in [0.2, 0.25) is 0 Å². The fraction of sp³-hybridized carbons (Fsp3) is 0.182. The third-order valence-corrected chi connectivity index (χ3v) is 1.79. The molecule has 13 heavy (non-hydrogen) atoms. The number of hydrogen-bond donors (Lipinski definition) is 0. The number of aryl methyl sites for hydroxylation is 1. The van der Waals surface area contributed by atoms with E-state index in [1.807, 2.05) is 31.2 Å². The van der Waals surface area contributed by atoms with Gasteiger partial charge in [-0.3, -0.25) is 0 Å². The Labute approximate surface area is 77.8 Å². The van der Waals surface area contributed by atoms with E-state index >= 15 is 0 Å². The minimum Gasteiger partial charge on any atom is -0.466 e. The van der Waals surface area contributed by atoms with Crippen molar-refractivity contribution in [2.75, 3.05) is 7.11 Å². The molecule has 0 aliphatic heterocycles. The van der Waals surface area contributed by atoms with Gasteiger partial charge >= 0.3 is 5.97 Å². The third-order valence-electron chi connectivity index (χ3n) is 1.79. The Morgan fingerprint density at radius 1 is 1.38 bits per heavy atom. The van der Waals surface area contributed by atoms with Gasteiger partial charge in [-0.1, -0.05) is 24.3 Å². The summed E-state index contributed by atoms with van der Waals surface area (Å²) in [5.74, 6) is -0.330. The van der Waals surface area contributed by atoms with Crippen LogP contribution in [0.1, 0.15) is 11.1 Å². The molecule has 0 spiro atoms. The Hall–Kier alpha value is -1.57. The summed E-state index contributed by atoms with van der Waals surface area (Å²) < 4.78 is 4.49. The lowest BCUT2D eigenvalue weighted by Gasteiger charge is -1.97. The van der Waals surface area contributed by atoms with Crippen molar-refractivity contribution in [2.45, 2.75) is 6.92 Å². The smallest absolute Gasteiger partial charge is 0.330 e. The lowest BCUT2D eigenvalue weighted by Crippen LogP contribution is -1.93. The SMILES string of the molecule is COC(=O)/C=C/c1ccccc1C. The van der Waals surface area contributed by atoms with Gasteiger partial charge in [0, 0.05) is 6.08 Å². The summed E-state index contributed by atoms with van der Waals surface area (Å²) in [5.41, 5.74) is 2.18. The van der Waals surface area contributed by atoms with Gasteiger partial charge < -0.3 is 4.74 Å². The minimum atomic E-state index is -0.330. The molecule has 2 nitrogen and oxygen atoms in total. The van der Waals surface area contributed by atoms with Crippen LogP contribution in [0.5, 0.6) is 0 Å². The van der Waals surface area contributed by atoms with Crippen molar-refractivity contribution in [2.24, 2.45) is 0 Å². The Kier molecular flexibility index (Phi) is 3.26. The zero-order chi connectivity index (χ0) is 9.68. The van der Waals surface area contributed by atoms with Crippen LogP contribution in [0.4, 0.5) is 0 Å². The Morgan fingerprint density at radius 3 is 2.69 bits per heavy atom. The van der Waals surface area contributed by atoms with Crippen LogP contribution in [0.3, 0.4) is 0 Å². The fourth-order valence-corrected chi connectivity index (χ4v) is 1.000. The number of carbonyl (C=O) groups excluding carboxylic acids is 1. The van der Waals surface area contributed by atoms with Gasteiger partial charge in [0.1, 0.15) is 0 Å². The second-order valence-corrected chi connectivity index (χ2v) is 2.71. The van der Waals surface area contributed by atoms with E-state index in [0.29, 0.717) is 0 Å². The topological polar surface area (TPSA) is 26.3 Å². The fourth-order valence-electron chi connectivity index (χ4n) is 1.000. The highest BCUT2D eigenvalue weighted by Crippen LogP contribution is 2.08. The maximum atomic E-state index is 10.8. The molecule has 68 valence electrons. The van der Waals surface area contributed by atoms with Crippen LogP contribution in [0.25, 0.3) is 6.08 Å². The first kappa shape index (κ1) is 9.52. The molecule has 0 N–H and O–H groups in total. The zero-order valence-electron chi connectivity index (χ0n) is 7.78. The highest BCUT2D eigenvalue weighted by atomic mass is 16.5. The van der Waals surface area contributed by atoms with E-state index in [4.69, 9.17) is 0 Å². The van der Waals surface area contributed by atoms with E-state index in [9.17, 15) is 4.79 Å². The molecule has 1 rings (SSSR count). The molecule has 1 aromatic rings. The first-order chi connectivity index (χ1) is 6.24. The molecule has 0 radical (unpaired) electrons. The summed E-state index contributed by atoms with van der Waals surface area (Å²) in [7, 11) is 1.37. The van der Waals surface area contributed by atoms with Crippen LogP contribution in [0, 0.1) is 6.92 Å². The number of esters is 1. The zero-order valence-corrected chi connectivity index (χ0v) is 7.78.